The molecule has 0 aromatic carbocycles. The summed E-state index contributed by atoms with van der Waals surface area (Å²) in [4.78, 5) is 15.8. The van der Waals surface area contributed by atoms with Gasteiger partial charge >= 0.3 is 0 Å². The molecule has 0 bridgehead atoms. The summed E-state index contributed by atoms with van der Waals surface area (Å²) in [5.41, 5.74) is 0.972. The van der Waals surface area contributed by atoms with Crippen molar-refractivity contribution in [3.8, 4) is 0 Å². The van der Waals surface area contributed by atoms with Gasteiger partial charge in [0.15, 0.2) is 0 Å². The summed E-state index contributed by atoms with van der Waals surface area (Å²) < 4.78 is 0. The molecule has 1 amide bonds. The molecule has 0 radical (unpaired) electrons. The lowest BCUT2D eigenvalue weighted by Crippen LogP contribution is -2.34. The van der Waals surface area contributed by atoms with Crippen molar-refractivity contribution in [3.05, 3.63) is 16.1 Å². The number of rotatable bonds is 3. The van der Waals surface area contributed by atoms with Gasteiger partial charge in [-0.25, -0.2) is 4.98 Å². The number of thiazole rings is 1. The summed E-state index contributed by atoms with van der Waals surface area (Å²) in [6.07, 6.45) is 3.32. The number of carbonyl (C=O) groups excluding carboxylic acids is 1. The minimum absolute atomic E-state index is 0.196. The fourth-order valence-electron chi connectivity index (χ4n) is 1.48. The molecule has 0 aliphatic heterocycles. The first-order valence-corrected chi connectivity index (χ1v) is 5.82. The van der Waals surface area contributed by atoms with Crippen LogP contribution in [0.2, 0.25) is 0 Å². The molecule has 4 heteroatoms. The predicted molar refractivity (Wildman–Crippen MR) is 56.0 cm³/mol. The van der Waals surface area contributed by atoms with Gasteiger partial charge in [-0.15, -0.1) is 11.3 Å². The topological polar surface area (TPSA) is 42.0 Å². The fraction of sp³-hybridized carbons (Fsp3) is 0.600. The van der Waals surface area contributed by atoms with E-state index in [0.717, 1.165) is 23.5 Å². The van der Waals surface area contributed by atoms with Gasteiger partial charge in [-0.05, 0) is 19.8 Å². The first-order chi connectivity index (χ1) is 6.75. The summed E-state index contributed by atoms with van der Waals surface area (Å²) in [7, 11) is 0. The molecule has 1 saturated carbocycles. The lowest BCUT2D eigenvalue weighted by Gasteiger charge is -2.23. The SMILES string of the molecule is Cc1nc(CNC(=O)C2CCC2)cs1. The number of amides is 1. The highest BCUT2D eigenvalue weighted by Crippen LogP contribution is 2.26. The Morgan fingerprint density at radius 2 is 2.50 bits per heavy atom. The summed E-state index contributed by atoms with van der Waals surface area (Å²) in [5, 5.41) is 5.97. The third kappa shape index (κ3) is 2.12. The van der Waals surface area contributed by atoms with Gasteiger partial charge in [-0.2, -0.15) is 0 Å². The van der Waals surface area contributed by atoms with Crippen LogP contribution in [0.5, 0.6) is 0 Å². The van der Waals surface area contributed by atoms with Crippen LogP contribution >= 0.6 is 11.3 Å². The van der Waals surface area contributed by atoms with E-state index in [9.17, 15) is 4.79 Å². The molecule has 3 nitrogen and oxygen atoms in total. The van der Waals surface area contributed by atoms with E-state index >= 15 is 0 Å². The third-order valence-corrected chi connectivity index (χ3v) is 3.41. The highest BCUT2D eigenvalue weighted by molar-refractivity contribution is 7.09. The summed E-state index contributed by atoms with van der Waals surface area (Å²) >= 11 is 1.62. The molecule has 1 fully saturated rings. The van der Waals surface area contributed by atoms with Gasteiger partial charge in [0, 0.05) is 11.3 Å². The Morgan fingerprint density at radius 3 is 3.00 bits per heavy atom. The van der Waals surface area contributed by atoms with E-state index in [2.05, 4.69) is 10.3 Å². The van der Waals surface area contributed by atoms with Gasteiger partial charge in [0.1, 0.15) is 0 Å². The van der Waals surface area contributed by atoms with Crippen LogP contribution in [0.3, 0.4) is 0 Å². The maximum atomic E-state index is 11.5. The molecule has 1 aromatic rings. The number of carbonyl (C=O) groups is 1. The highest BCUT2D eigenvalue weighted by atomic mass is 32.1. The quantitative estimate of drug-likeness (QED) is 0.827. The zero-order valence-corrected chi connectivity index (χ0v) is 9.06. The molecule has 76 valence electrons. The van der Waals surface area contributed by atoms with E-state index in [4.69, 9.17) is 0 Å². The van der Waals surface area contributed by atoms with E-state index in [0.29, 0.717) is 6.54 Å². The number of nitrogens with zero attached hydrogens (tertiary/aromatic N) is 1. The molecule has 14 heavy (non-hydrogen) atoms. The van der Waals surface area contributed by atoms with Crippen LogP contribution in [0, 0.1) is 12.8 Å². The van der Waals surface area contributed by atoms with Crippen molar-refractivity contribution in [2.45, 2.75) is 32.7 Å². The average molecular weight is 210 g/mol. The van der Waals surface area contributed by atoms with Gasteiger partial charge in [0.25, 0.3) is 0 Å². The Labute approximate surface area is 87.6 Å². The molecule has 0 spiro atoms. The Balaban J connectivity index is 1.79. The highest BCUT2D eigenvalue weighted by Gasteiger charge is 2.24. The van der Waals surface area contributed by atoms with Crippen LogP contribution in [0.1, 0.15) is 30.0 Å². The second-order valence-electron chi connectivity index (χ2n) is 3.70. The average Bonchev–Trinajstić information content (AvgIpc) is 2.45. The van der Waals surface area contributed by atoms with Crippen LogP contribution in [-0.2, 0) is 11.3 Å². The lowest BCUT2D eigenvalue weighted by molar-refractivity contribution is -0.127. The van der Waals surface area contributed by atoms with Crippen molar-refractivity contribution in [2.75, 3.05) is 0 Å². The number of aromatic nitrogens is 1. The predicted octanol–water partition coefficient (Wildman–Crippen LogP) is 1.87. The lowest BCUT2D eigenvalue weighted by atomic mass is 9.85. The Kier molecular flexibility index (Phi) is 2.82. The Hall–Kier alpha value is -0.900. The van der Waals surface area contributed by atoms with Crippen LogP contribution in [0.4, 0.5) is 0 Å². The smallest absolute Gasteiger partial charge is 0.223 e. The molecule has 1 heterocycles. The second-order valence-corrected chi connectivity index (χ2v) is 4.77. The van der Waals surface area contributed by atoms with Crippen molar-refractivity contribution in [1.82, 2.24) is 10.3 Å². The minimum Gasteiger partial charge on any atom is -0.350 e. The zero-order chi connectivity index (χ0) is 9.97. The van der Waals surface area contributed by atoms with Crippen LogP contribution < -0.4 is 5.32 Å². The Bertz CT molecular complexity index is 331. The number of nitrogens with one attached hydrogen (secondary N) is 1. The molecule has 2 rings (SSSR count). The zero-order valence-electron chi connectivity index (χ0n) is 8.25. The van der Waals surface area contributed by atoms with E-state index in [1.807, 2.05) is 12.3 Å². The van der Waals surface area contributed by atoms with Crippen LogP contribution in [0.15, 0.2) is 5.38 Å². The van der Waals surface area contributed by atoms with Crippen LogP contribution in [0.25, 0.3) is 0 Å². The standard InChI is InChI=1S/C10H14N2OS/c1-7-12-9(6-14-7)5-11-10(13)8-3-2-4-8/h6,8H,2-5H2,1H3,(H,11,13). The first kappa shape index (κ1) is 9.65. The summed E-state index contributed by atoms with van der Waals surface area (Å²) in [6.45, 7) is 2.56. The number of hydrogen-bond acceptors (Lipinski definition) is 3. The van der Waals surface area contributed by atoms with Gasteiger partial charge in [0.05, 0.1) is 17.2 Å². The number of hydrogen-bond donors (Lipinski definition) is 1. The van der Waals surface area contributed by atoms with Crippen molar-refractivity contribution in [3.63, 3.8) is 0 Å². The Morgan fingerprint density at radius 1 is 1.71 bits per heavy atom. The van der Waals surface area contributed by atoms with Crippen molar-refractivity contribution >= 4 is 17.2 Å². The number of aryl methyl sites for hydroxylation is 1. The second kappa shape index (κ2) is 4.09. The fourth-order valence-corrected chi connectivity index (χ4v) is 2.09. The van der Waals surface area contributed by atoms with Gasteiger partial charge in [-0.3, -0.25) is 4.79 Å². The molecule has 1 aliphatic carbocycles. The molecule has 1 aromatic heterocycles. The minimum atomic E-state index is 0.196. The largest absolute Gasteiger partial charge is 0.350 e. The monoisotopic (exact) mass is 210 g/mol. The third-order valence-electron chi connectivity index (χ3n) is 2.59. The van der Waals surface area contributed by atoms with Crippen molar-refractivity contribution in [2.24, 2.45) is 5.92 Å². The molecule has 1 aliphatic rings. The van der Waals surface area contributed by atoms with E-state index in [1.165, 1.54) is 6.42 Å². The molecule has 0 atom stereocenters. The van der Waals surface area contributed by atoms with E-state index in [-0.39, 0.29) is 11.8 Å². The van der Waals surface area contributed by atoms with Gasteiger partial charge in [0.2, 0.25) is 5.91 Å². The molecule has 0 saturated heterocycles. The molecular weight excluding hydrogens is 196 g/mol. The van der Waals surface area contributed by atoms with Gasteiger partial charge in [-0.1, -0.05) is 6.42 Å². The van der Waals surface area contributed by atoms with Gasteiger partial charge < -0.3 is 5.32 Å². The van der Waals surface area contributed by atoms with Crippen molar-refractivity contribution in [1.29, 1.82) is 0 Å². The first-order valence-electron chi connectivity index (χ1n) is 4.94. The van der Waals surface area contributed by atoms with E-state index in [1.54, 1.807) is 11.3 Å². The van der Waals surface area contributed by atoms with E-state index < -0.39 is 0 Å². The maximum Gasteiger partial charge on any atom is 0.223 e. The molecule has 0 unspecified atom stereocenters. The maximum absolute atomic E-state index is 11.5. The van der Waals surface area contributed by atoms with Crippen LogP contribution in [-0.4, -0.2) is 10.9 Å². The summed E-state index contributed by atoms with van der Waals surface area (Å²) in [5.74, 6) is 0.469. The normalized spacial score (nSPS) is 16.4. The summed E-state index contributed by atoms with van der Waals surface area (Å²) in [6, 6.07) is 0. The molecule has 1 N–H and O–H groups in total. The van der Waals surface area contributed by atoms with Crippen molar-refractivity contribution < 1.29 is 4.79 Å². The molecular formula is C10H14N2OS.